The molecule has 0 saturated heterocycles. The summed E-state index contributed by atoms with van der Waals surface area (Å²) in [6.07, 6.45) is 0. The predicted molar refractivity (Wildman–Crippen MR) is 142 cm³/mol. The highest BCUT2D eigenvalue weighted by Gasteiger charge is 2.28. The third-order valence-electron chi connectivity index (χ3n) is 5.89. The van der Waals surface area contributed by atoms with Gasteiger partial charge in [0, 0.05) is 6.54 Å². The summed E-state index contributed by atoms with van der Waals surface area (Å²) in [4.78, 5) is 13.2. The van der Waals surface area contributed by atoms with E-state index in [1.54, 1.807) is 45.4 Å². The van der Waals surface area contributed by atoms with Gasteiger partial charge in [0.05, 0.1) is 38.3 Å². The van der Waals surface area contributed by atoms with E-state index in [2.05, 4.69) is 5.32 Å². The summed E-state index contributed by atoms with van der Waals surface area (Å²) in [5, 5.41) is 2.90. The van der Waals surface area contributed by atoms with Crippen LogP contribution in [0.3, 0.4) is 0 Å². The average molecular weight is 527 g/mol. The quantitative estimate of drug-likeness (QED) is 0.374. The van der Waals surface area contributed by atoms with Gasteiger partial charge in [-0.25, -0.2) is 8.42 Å². The molecule has 0 bridgehead atoms. The molecule has 8 nitrogen and oxygen atoms in total. The van der Waals surface area contributed by atoms with E-state index >= 15 is 0 Å². The highest BCUT2D eigenvalue weighted by atomic mass is 32.2. The highest BCUT2D eigenvalue weighted by molar-refractivity contribution is 7.89. The lowest BCUT2D eigenvalue weighted by atomic mass is 10.1. The fourth-order valence-electron chi connectivity index (χ4n) is 3.91. The van der Waals surface area contributed by atoms with Crippen molar-refractivity contribution in [3.8, 4) is 17.2 Å². The molecule has 0 aliphatic heterocycles. The van der Waals surface area contributed by atoms with Gasteiger partial charge in [-0.1, -0.05) is 36.4 Å². The van der Waals surface area contributed by atoms with E-state index in [0.717, 1.165) is 11.1 Å². The minimum absolute atomic E-state index is 0.0492. The first-order valence-electron chi connectivity index (χ1n) is 12.0. The Balaban J connectivity index is 1.85. The lowest BCUT2D eigenvalue weighted by Crippen LogP contribution is -2.41. The maximum absolute atomic E-state index is 13.7. The minimum Gasteiger partial charge on any atom is -0.494 e. The Hall–Kier alpha value is -3.56. The van der Waals surface area contributed by atoms with Crippen molar-refractivity contribution in [3.63, 3.8) is 0 Å². The van der Waals surface area contributed by atoms with Crippen molar-refractivity contribution in [1.82, 2.24) is 9.62 Å². The maximum atomic E-state index is 13.7. The molecule has 1 amide bonds. The first-order chi connectivity index (χ1) is 17.7. The standard InChI is InChI=1S/C28H34N2O6S/c1-6-36-25-15-13-24(16-20(25)2)37(32,33)30(18-22-10-8-7-9-11-22)19-28(31)29-21(3)23-12-14-26(34-4)27(17-23)35-5/h7-17,21H,6,18-19H2,1-5H3,(H,29,31). The number of carbonyl (C=O) groups is 1. The number of amides is 1. The third kappa shape index (κ3) is 7.02. The van der Waals surface area contributed by atoms with Gasteiger partial charge in [-0.3, -0.25) is 4.79 Å². The number of nitrogens with one attached hydrogen (secondary N) is 1. The molecular weight excluding hydrogens is 492 g/mol. The Bertz CT molecular complexity index is 1310. The van der Waals surface area contributed by atoms with Gasteiger partial charge in [0.2, 0.25) is 15.9 Å². The summed E-state index contributed by atoms with van der Waals surface area (Å²) in [7, 11) is -0.895. The van der Waals surface area contributed by atoms with Crippen LogP contribution < -0.4 is 19.5 Å². The van der Waals surface area contributed by atoms with E-state index in [1.807, 2.05) is 50.2 Å². The van der Waals surface area contributed by atoms with E-state index < -0.39 is 15.9 Å². The van der Waals surface area contributed by atoms with Gasteiger partial charge in [-0.15, -0.1) is 0 Å². The number of benzene rings is 3. The molecule has 3 aromatic carbocycles. The monoisotopic (exact) mass is 526 g/mol. The second-order valence-corrected chi connectivity index (χ2v) is 10.5. The van der Waals surface area contributed by atoms with Crippen LogP contribution >= 0.6 is 0 Å². The molecular formula is C28H34N2O6S. The van der Waals surface area contributed by atoms with Gasteiger partial charge < -0.3 is 19.5 Å². The van der Waals surface area contributed by atoms with Crippen molar-refractivity contribution >= 4 is 15.9 Å². The molecule has 0 spiro atoms. The van der Waals surface area contributed by atoms with Crippen LogP contribution in [0.1, 0.15) is 36.6 Å². The molecule has 9 heteroatoms. The van der Waals surface area contributed by atoms with Crippen molar-refractivity contribution in [1.29, 1.82) is 0 Å². The second-order valence-electron chi connectivity index (χ2n) is 8.52. The molecule has 0 aliphatic rings. The summed E-state index contributed by atoms with van der Waals surface area (Å²) in [6, 6.07) is 18.9. The molecule has 1 unspecified atom stereocenters. The average Bonchev–Trinajstić information content (AvgIpc) is 2.89. The van der Waals surface area contributed by atoms with Gasteiger partial charge in [0.25, 0.3) is 0 Å². The van der Waals surface area contributed by atoms with Crippen LogP contribution in [-0.2, 0) is 21.4 Å². The van der Waals surface area contributed by atoms with Crippen molar-refractivity contribution < 1.29 is 27.4 Å². The Morgan fingerprint density at radius 3 is 2.24 bits per heavy atom. The lowest BCUT2D eigenvalue weighted by Gasteiger charge is -2.24. The zero-order valence-electron chi connectivity index (χ0n) is 21.9. The molecule has 0 fully saturated rings. The van der Waals surface area contributed by atoms with Gasteiger partial charge in [-0.2, -0.15) is 4.31 Å². The number of hydrogen-bond acceptors (Lipinski definition) is 6. The second kappa shape index (κ2) is 12.6. The normalized spacial score (nSPS) is 12.2. The summed E-state index contributed by atoms with van der Waals surface area (Å²) < 4.78 is 44.7. The molecule has 0 heterocycles. The molecule has 0 aromatic heterocycles. The number of ether oxygens (including phenoxy) is 3. The highest BCUT2D eigenvalue weighted by Crippen LogP contribution is 2.30. The van der Waals surface area contributed by atoms with Crippen LogP contribution in [0.2, 0.25) is 0 Å². The smallest absolute Gasteiger partial charge is 0.243 e. The molecule has 198 valence electrons. The number of rotatable bonds is 12. The Labute approximate surface area is 219 Å². The van der Waals surface area contributed by atoms with Gasteiger partial charge in [0.1, 0.15) is 5.75 Å². The fraction of sp³-hybridized carbons (Fsp3) is 0.321. The molecule has 37 heavy (non-hydrogen) atoms. The first-order valence-corrected chi connectivity index (χ1v) is 13.4. The summed E-state index contributed by atoms with van der Waals surface area (Å²) in [5.74, 6) is 1.32. The summed E-state index contributed by atoms with van der Waals surface area (Å²) in [6.45, 7) is 5.67. The molecule has 1 N–H and O–H groups in total. The van der Waals surface area contributed by atoms with Crippen LogP contribution in [0.15, 0.2) is 71.6 Å². The Morgan fingerprint density at radius 1 is 0.946 bits per heavy atom. The van der Waals surface area contributed by atoms with Crippen LogP contribution in [0.4, 0.5) is 0 Å². The van der Waals surface area contributed by atoms with Crippen molar-refractivity contribution in [2.24, 2.45) is 0 Å². The van der Waals surface area contributed by atoms with Gasteiger partial charge >= 0.3 is 0 Å². The summed E-state index contributed by atoms with van der Waals surface area (Å²) >= 11 is 0. The predicted octanol–water partition coefficient (Wildman–Crippen LogP) is 4.48. The van der Waals surface area contributed by atoms with E-state index in [1.165, 1.54) is 10.4 Å². The molecule has 0 aliphatic carbocycles. The van der Waals surface area contributed by atoms with Crippen LogP contribution in [-0.4, -0.2) is 46.0 Å². The Morgan fingerprint density at radius 2 is 1.62 bits per heavy atom. The zero-order chi connectivity index (χ0) is 27.0. The molecule has 0 radical (unpaired) electrons. The number of sulfonamides is 1. The zero-order valence-corrected chi connectivity index (χ0v) is 22.7. The van der Waals surface area contributed by atoms with Crippen molar-refractivity contribution in [2.75, 3.05) is 27.4 Å². The Kier molecular flexibility index (Phi) is 9.54. The fourth-order valence-corrected chi connectivity index (χ4v) is 5.38. The van der Waals surface area contributed by atoms with Gasteiger partial charge in [0.15, 0.2) is 11.5 Å². The number of nitrogens with zero attached hydrogens (tertiary/aromatic N) is 1. The third-order valence-corrected chi connectivity index (χ3v) is 7.68. The minimum atomic E-state index is -3.99. The number of carbonyl (C=O) groups excluding carboxylic acids is 1. The molecule has 3 rings (SSSR count). The van der Waals surface area contributed by atoms with Crippen molar-refractivity contribution in [2.45, 2.75) is 38.3 Å². The number of methoxy groups -OCH3 is 2. The lowest BCUT2D eigenvalue weighted by molar-refractivity contribution is -0.122. The van der Waals surface area contributed by atoms with E-state index in [4.69, 9.17) is 14.2 Å². The van der Waals surface area contributed by atoms with Gasteiger partial charge in [-0.05, 0) is 67.8 Å². The van der Waals surface area contributed by atoms with E-state index in [0.29, 0.717) is 29.4 Å². The first kappa shape index (κ1) is 28.0. The maximum Gasteiger partial charge on any atom is 0.243 e. The van der Waals surface area contributed by atoms with Crippen LogP contribution in [0.5, 0.6) is 17.2 Å². The van der Waals surface area contributed by atoms with Crippen LogP contribution in [0, 0.1) is 6.92 Å². The topological polar surface area (TPSA) is 94.2 Å². The largest absolute Gasteiger partial charge is 0.494 e. The number of aryl methyl sites for hydroxylation is 1. The van der Waals surface area contributed by atoms with E-state index in [9.17, 15) is 13.2 Å². The van der Waals surface area contributed by atoms with Crippen molar-refractivity contribution in [3.05, 3.63) is 83.4 Å². The summed E-state index contributed by atoms with van der Waals surface area (Å²) in [5.41, 5.74) is 2.27. The SMILES string of the molecule is CCOc1ccc(S(=O)(=O)N(CC(=O)NC(C)c2ccc(OC)c(OC)c2)Cc2ccccc2)cc1C. The molecule has 1 atom stereocenters. The van der Waals surface area contributed by atoms with Crippen LogP contribution in [0.25, 0.3) is 0 Å². The number of hydrogen-bond donors (Lipinski definition) is 1. The molecule has 0 saturated carbocycles. The van der Waals surface area contributed by atoms with E-state index in [-0.39, 0.29) is 24.0 Å². The molecule has 3 aromatic rings.